The minimum atomic E-state index is -0.537. The molecule has 0 fully saturated rings. The van der Waals surface area contributed by atoms with Crippen LogP contribution in [0.5, 0.6) is 0 Å². The molecule has 70 valence electrons. The molecule has 0 bridgehead atoms. The van der Waals surface area contributed by atoms with Gasteiger partial charge in [0.2, 0.25) is 0 Å². The van der Waals surface area contributed by atoms with E-state index in [1.54, 1.807) is 29.1 Å². The number of hydrogen-bond acceptors (Lipinski definition) is 3. The van der Waals surface area contributed by atoms with Crippen molar-refractivity contribution in [3.63, 3.8) is 0 Å². The van der Waals surface area contributed by atoms with Crippen LogP contribution in [0.15, 0.2) is 24.4 Å². The summed E-state index contributed by atoms with van der Waals surface area (Å²) in [7, 11) is 0. The van der Waals surface area contributed by atoms with Crippen LogP contribution >= 0.6 is 0 Å². The SMILES string of the molecule is NC(=O)c1ccn(C/C=C\CO)n1. The molecule has 3 N–H and O–H groups in total. The van der Waals surface area contributed by atoms with Crippen molar-refractivity contribution in [2.75, 3.05) is 6.61 Å². The number of nitrogens with zero attached hydrogens (tertiary/aromatic N) is 2. The standard InChI is InChI=1S/C8H11N3O2/c9-8(13)7-3-5-11(10-7)4-1-2-6-12/h1-3,5,12H,4,6H2,(H2,9,13)/b2-1-. The van der Waals surface area contributed by atoms with Crippen molar-refractivity contribution in [1.82, 2.24) is 9.78 Å². The molecule has 5 nitrogen and oxygen atoms in total. The maximum Gasteiger partial charge on any atom is 0.269 e. The summed E-state index contributed by atoms with van der Waals surface area (Å²) >= 11 is 0. The maximum atomic E-state index is 10.6. The molecule has 0 radical (unpaired) electrons. The highest BCUT2D eigenvalue weighted by molar-refractivity contribution is 5.90. The van der Waals surface area contributed by atoms with Crippen LogP contribution in [0.1, 0.15) is 10.5 Å². The molecule has 0 unspecified atom stereocenters. The monoisotopic (exact) mass is 181 g/mol. The summed E-state index contributed by atoms with van der Waals surface area (Å²) in [6, 6.07) is 1.55. The molecule has 0 aliphatic rings. The van der Waals surface area contributed by atoms with E-state index in [4.69, 9.17) is 10.8 Å². The summed E-state index contributed by atoms with van der Waals surface area (Å²) in [5.41, 5.74) is 5.26. The van der Waals surface area contributed by atoms with Crippen LogP contribution in [0, 0.1) is 0 Å². The zero-order valence-electron chi connectivity index (χ0n) is 7.05. The summed E-state index contributed by atoms with van der Waals surface area (Å²) in [5.74, 6) is -0.537. The van der Waals surface area contributed by atoms with E-state index < -0.39 is 5.91 Å². The minimum absolute atomic E-state index is 0.00391. The molecule has 1 rings (SSSR count). The zero-order chi connectivity index (χ0) is 9.68. The molecule has 0 aliphatic heterocycles. The van der Waals surface area contributed by atoms with Crippen LogP contribution in [0.2, 0.25) is 0 Å². The van der Waals surface area contributed by atoms with Gasteiger partial charge in [0, 0.05) is 6.20 Å². The first-order valence-electron chi connectivity index (χ1n) is 3.83. The third-order valence-electron chi connectivity index (χ3n) is 1.46. The molecule has 0 aromatic carbocycles. The summed E-state index contributed by atoms with van der Waals surface area (Å²) < 4.78 is 1.56. The minimum Gasteiger partial charge on any atom is -0.392 e. The first-order chi connectivity index (χ1) is 6.24. The first-order valence-corrected chi connectivity index (χ1v) is 3.83. The van der Waals surface area contributed by atoms with Gasteiger partial charge in [-0.15, -0.1) is 0 Å². The van der Waals surface area contributed by atoms with Gasteiger partial charge in [-0.05, 0) is 6.07 Å². The van der Waals surface area contributed by atoms with Crippen molar-refractivity contribution in [3.05, 3.63) is 30.1 Å². The van der Waals surface area contributed by atoms with Gasteiger partial charge >= 0.3 is 0 Å². The van der Waals surface area contributed by atoms with Gasteiger partial charge in [-0.1, -0.05) is 12.2 Å². The summed E-state index contributed by atoms with van der Waals surface area (Å²) in [6.45, 7) is 0.526. The Morgan fingerprint density at radius 3 is 3.00 bits per heavy atom. The van der Waals surface area contributed by atoms with E-state index in [0.717, 1.165) is 0 Å². The van der Waals surface area contributed by atoms with Gasteiger partial charge in [0.05, 0.1) is 13.2 Å². The quantitative estimate of drug-likeness (QED) is 0.616. The smallest absolute Gasteiger partial charge is 0.269 e. The van der Waals surface area contributed by atoms with Crippen molar-refractivity contribution < 1.29 is 9.90 Å². The van der Waals surface area contributed by atoms with E-state index in [9.17, 15) is 4.79 Å². The fraction of sp³-hybridized carbons (Fsp3) is 0.250. The molecule has 13 heavy (non-hydrogen) atoms. The number of amides is 1. The Morgan fingerprint density at radius 1 is 1.69 bits per heavy atom. The predicted octanol–water partition coefficient (Wildman–Crippen LogP) is -0.470. The number of allylic oxidation sites excluding steroid dienone is 1. The highest BCUT2D eigenvalue weighted by atomic mass is 16.2. The molecular weight excluding hydrogens is 170 g/mol. The molecule has 5 heteroatoms. The second kappa shape index (κ2) is 4.42. The first kappa shape index (κ1) is 9.47. The average molecular weight is 181 g/mol. The highest BCUT2D eigenvalue weighted by Crippen LogP contribution is 1.94. The maximum absolute atomic E-state index is 10.6. The van der Waals surface area contributed by atoms with Crippen molar-refractivity contribution in [3.8, 4) is 0 Å². The van der Waals surface area contributed by atoms with Gasteiger partial charge in [0.25, 0.3) is 5.91 Å². The summed E-state index contributed by atoms with van der Waals surface area (Å²) in [5, 5.41) is 12.3. The second-order valence-corrected chi connectivity index (χ2v) is 2.44. The fourth-order valence-electron chi connectivity index (χ4n) is 0.852. The number of aliphatic hydroxyl groups excluding tert-OH is 1. The van der Waals surface area contributed by atoms with Crippen LogP contribution in [-0.2, 0) is 6.54 Å². The third kappa shape index (κ3) is 2.72. The van der Waals surface area contributed by atoms with Gasteiger partial charge < -0.3 is 10.8 Å². The van der Waals surface area contributed by atoms with E-state index >= 15 is 0 Å². The van der Waals surface area contributed by atoms with Crippen molar-refractivity contribution in [1.29, 1.82) is 0 Å². The lowest BCUT2D eigenvalue weighted by Crippen LogP contribution is -2.12. The van der Waals surface area contributed by atoms with E-state index in [1.807, 2.05) is 0 Å². The molecule has 0 saturated carbocycles. The second-order valence-electron chi connectivity index (χ2n) is 2.44. The third-order valence-corrected chi connectivity index (χ3v) is 1.46. The molecule has 1 aromatic rings. The van der Waals surface area contributed by atoms with Crippen LogP contribution in [0.3, 0.4) is 0 Å². The van der Waals surface area contributed by atoms with Gasteiger partial charge in [-0.2, -0.15) is 5.10 Å². The fourth-order valence-corrected chi connectivity index (χ4v) is 0.852. The van der Waals surface area contributed by atoms with Crippen molar-refractivity contribution in [2.45, 2.75) is 6.54 Å². The van der Waals surface area contributed by atoms with Crippen molar-refractivity contribution in [2.24, 2.45) is 5.73 Å². The average Bonchev–Trinajstić information content (AvgIpc) is 2.53. The van der Waals surface area contributed by atoms with Crippen LogP contribution in [0.4, 0.5) is 0 Å². The van der Waals surface area contributed by atoms with Crippen LogP contribution < -0.4 is 5.73 Å². The summed E-state index contributed by atoms with van der Waals surface area (Å²) in [4.78, 5) is 10.6. The number of carbonyl (C=O) groups excluding carboxylic acids is 1. The Morgan fingerprint density at radius 2 is 2.46 bits per heavy atom. The van der Waals surface area contributed by atoms with Gasteiger partial charge in [0.15, 0.2) is 0 Å². The molecular formula is C8H11N3O2. The predicted molar refractivity (Wildman–Crippen MR) is 47.0 cm³/mol. The lowest BCUT2D eigenvalue weighted by molar-refractivity contribution is 0.0995. The van der Waals surface area contributed by atoms with E-state index in [0.29, 0.717) is 6.54 Å². The molecule has 0 saturated heterocycles. The zero-order valence-corrected chi connectivity index (χ0v) is 7.05. The van der Waals surface area contributed by atoms with E-state index in [2.05, 4.69) is 5.10 Å². The largest absolute Gasteiger partial charge is 0.392 e. The van der Waals surface area contributed by atoms with E-state index in [1.165, 1.54) is 0 Å². The highest BCUT2D eigenvalue weighted by Gasteiger charge is 2.02. The van der Waals surface area contributed by atoms with Crippen LogP contribution in [-0.4, -0.2) is 27.4 Å². The molecule has 1 amide bonds. The Hall–Kier alpha value is -1.62. The lowest BCUT2D eigenvalue weighted by atomic mass is 10.4. The Bertz CT molecular complexity index is 317. The lowest BCUT2D eigenvalue weighted by Gasteiger charge is -1.93. The van der Waals surface area contributed by atoms with Crippen LogP contribution in [0.25, 0.3) is 0 Å². The number of nitrogens with two attached hydrogens (primary N) is 1. The summed E-state index contributed by atoms with van der Waals surface area (Å²) in [6.07, 6.45) is 5.01. The normalized spacial score (nSPS) is 10.8. The topological polar surface area (TPSA) is 81.1 Å². The van der Waals surface area contributed by atoms with Crippen molar-refractivity contribution >= 4 is 5.91 Å². The van der Waals surface area contributed by atoms with Gasteiger partial charge in [-0.3, -0.25) is 9.48 Å². The number of hydrogen-bond donors (Lipinski definition) is 2. The molecule has 1 aromatic heterocycles. The number of aliphatic hydroxyl groups is 1. The molecule has 0 atom stereocenters. The van der Waals surface area contributed by atoms with Gasteiger partial charge in [0.1, 0.15) is 5.69 Å². The number of rotatable bonds is 4. The molecule has 0 aliphatic carbocycles. The number of primary amides is 1. The number of aromatic nitrogens is 2. The molecule has 1 heterocycles. The Balaban J connectivity index is 2.59. The number of carbonyl (C=O) groups is 1. The van der Waals surface area contributed by atoms with Gasteiger partial charge in [-0.25, -0.2) is 0 Å². The molecule has 0 spiro atoms. The Labute approximate surface area is 75.5 Å². The Kier molecular flexibility index (Phi) is 3.22. The van der Waals surface area contributed by atoms with E-state index in [-0.39, 0.29) is 12.3 Å².